The summed E-state index contributed by atoms with van der Waals surface area (Å²) in [5, 5.41) is 3.60. The molecule has 1 aliphatic heterocycles. The second-order valence-corrected chi connectivity index (χ2v) is 6.33. The molecule has 0 radical (unpaired) electrons. The minimum absolute atomic E-state index is 0.269. The van der Waals surface area contributed by atoms with Gasteiger partial charge in [0.05, 0.1) is 0 Å². The summed E-state index contributed by atoms with van der Waals surface area (Å²) in [5.41, 5.74) is 2.38. The van der Waals surface area contributed by atoms with Crippen LogP contribution in [-0.2, 0) is 4.79 Å². The molecule has 3 nitrogen and oxygen atoms in total. The molecule has 0 fully saturated rings. The Kier molecular flexibility index (Phi) is 5.80. The number of benzene rings is 1. The van der Waals surface area contributed by atoms with E-state index in [0.29, 0.717) is 18.4 Å². The van der Waals surface area contributed by atoms with E-state index in [9.17, 15) is 4.79 Å². The average molecular weight is 288 g/mol. The maximum Gasteiger partial charge on any atom is 0.226 e. The lowest BCUT2D eigenvalue weighted by atomic mass is 9.95. The molecule has 21 heavy (non-hydrogen) atoms. The highest BCUT2D eigenvalue weighted by Crippen LogP contribution is 2.34. The number of carbonyl (C=O) groups excluding carboxylic acids is 1. The number of nitrogens with one attached hydrogen (secondary N) is 1. The third-order valence-corrected chi connectivity index (χ3v) is 4.12. The van der Waals surface area contributed by atoms with Crippen LogP contribution < -0.4 is 10.2 Å². The standard InChI is InChI=1S/C18H28N2O/c1-4-12-19-16-11-13-20(18(21)10-9-14(2)3)17-8-6-5-7-15(16)17/h5-8,14,16,19H,4,9-13H2,1-3H3. The molecule has 1 aromatic rings. The van der Waals surface area contributed by atoms with Gasteiger partial charge in [0.25, 0.3) is 0 Å². The molecule has 116 valence electrons. The highest BCUT2D eigenvalue weighted by molar-refractivity contribution is 5.94. The molecule has 1 amide bonds. The van der Waals surface area contributed by atoms with Gasteiger partial charge in [-0.1, -0.05) is 39.0 Å². The molecule has 0 bridgehead atoms. The molecule has 1 atom stereocenters. The molecule has 1 N–H and O–H groups in total. The van der Waals surface area contributed by atoms with Crippen molar-refractivity contribution in [3.63, 3.8) is 0 Å². The molecule has 0 aromatic heterocycles. The maximum atomic E-state index is 12.5. The van der Waals surface area contributed by atoms with Crippen molar-refractivity contribution in [1.29, 1.82) is 0 Å². The third-order valence-electron chi connectivity index (χ3n) is 4.12. The summed E-state index contributed by atoms with van der Waals surface area (Å²) in [6, 6.07) is 8.73. The van der Waals surface area contributed by atoms with E-state index >= 15 is 0 Å². The lowest BCUT2D eigenvalue weighted by molar-refractivity contribution is -0.119. The smallest absolute Gasteiger partial charge is 0.226 e. The molecule has 1 heterocycles. The van der Waals surface area contributed by atoms with Crippen LogP contribution in [0.2, 0.25) is 0 Å². The van der Waals surface area contributed by atoms with Crippen LogP contribution >= 0.6 is 0 Å². The highest BCUT2D eigenvalue weighted by atomic mass is 16.2. The first kappa shape index (κ1) is 16.0. The number of amides is 1. The van der Waals surface area contributed by atoms with E-state index in [1.165, 1.54) is 5.56 Å². The summed E-state index contributed by atoms with van der Waals surface area (Å²) in [5.74, 6) is 0.845. The van der Waals surface area contributed by atoms with Crippen LogP contribution in [0.4, 0.5) is 5.69 Å². The second kappa shape index (κ2) is 7.60. The summed E-state index contributed by atoms with van der Waals surface area (Å²) >= 11 is 0. The van der Waals surface area contributed by atoms with Crippen LogP contribution in [0, 0.1) is 5.92 Å². The molecular formula is C18H28N2O. The van der Waals surface area contributed by atoms with Crippen LogP contribution in [-0.4, -0.2) is 19.0 Å². The van der Waals surface area contributed by atoms with Gasteiger partial charge in [0.2, 0.25) is 5.91 Å². The van der Waals surface area contributed by atoms with E-state index in [4.69, 9.17) is 0 Å². The van der Waals surface area contributed by atoms with Gasteiger partial charge < -0.3 is 10.2 Å². The van der Waals surface area contributed by atoms with Gasteiger partial charge >= 0.3 is 0 Å². The quantitative estimate of drug-likeness (QED) is 0.861. The van der Waals surface area contributed by atoms with Crippen molar-refractivity contribution in [2.24, 2.45) is 5.92 Å². The van der Waals surface area contributed by atoms with Gasteiger partial charge in [-0.2, -0.15) is 0 Å². The van der Waals surface area contributed by atoms with Crippen molar-refractivity contribution in [2.45, 2.75) is 52.5 Å². The Bertz CT molecular complexity index is 470. The van der Waals surface area contributed by atoms with Gasteiger partial charge in [-0.25, -0.2) is 0 Å². The largest absolute Gasteiger partial charge is 0.312 e. The predicted octanol–water partition coefficient (Wildman–Crippen LogP) is 3.90. The van der Waals surface area contributed by atoms with Gasteiger partial charge in [0.1, 0.15) is 0 Å². The van der Waals surface area contributed by atoms with E-state index in [-0.39, 0.29) is 5.91 Å². The van der Waals surface area contributed by atoms with Crippen LogP contribution in [0.3, 0.4) is 0 Å². The molecule has 0 saturated carbocycles. The Labute approximate surface area is 128 Å². The third kappa shape index (κ3) is 4.07. The number of hydrogen-bond acceptors (Lipinski definition) is 2. The summed E-state index contributed by atoms with van der Waals surface area (Å²) < 4.78 is 0. The Hall–Kier alpha value is -1.35. The molecule has 2 rings (SSSR count). The van der Waals surface area contributed by atoms with Gasteiger partial charge in [-0.15, -0.1) is 0 Å². The van der Waals surface area contributed by atoms with E-state index < -0.39 is 0 Å². The van der Waals surface area contributed by atoms with E-state index in [1.54, 1.807) is 0 Å². The zero-order chi connectivity index (χ0) is 15.2. The van der Waals surface area contributed by atoms with Crippen molar-refractivity contribution in [2.75, 3.05) is 18.0 Å². The Morgan fingerprint density at radius 2 is 2.14 bits per heavy atom. The van der Waals surface area contributed by atoms with E-state index in [2.05, 4.69) is 44.3 Å². The molecule has 1 unspecified atom stereocenters. The summed E-state index contributed by atoms with van der Waals surface area (Å²) in [6.07, 6.45) is 3.76. The van der Waals surface area contributed by atoms with Crippen LogP contribution in [0.15, 0.2) is 24.3 Å². The van der Waals surface area contributed by atoms with Crippen LogP contribution in [0.1, 0.15) is 58.1 Å². The number of fused-ring (bicyclic) bond motifs is 1. The number of nitrogens with zero attached hydrogens (tertiary/aromatic N) is 1. The normalized spacial score (nSPS) is 17.9. The van der Waals surface area contributed by atoms with Crippen molar-refractivity contribution in [3.05, 3.63) is 29.8 Å². The van der Waals surface area contributed by atoms with E-state index in [1.807, 2.05) is 11.0 Å². The predicted molar refractivity (Wildman–Crippen MR) is 88.5 cm³/mol. The zero-order valence-electron chi connectivity index (χ0n) is 13.6. The fourth-order valence-electron chi connectivity index (χ4n) is 2.90. The minimum Gasteiger partial charge on any atom is -0.312 e. The molecule has 0 spiro atoms. The Balaban J connectivity index is 2.13. The van der Waals surface area contributed by atoms with Crippen molar-refractivity contribution < 1.29 is 4.79 Å². The molecular weight excluding hydrogens is 260 g/mol. The summed E-state index contributed by atoms with van der Waals surface area (Å²) in [6.45, 7) is 8.38. The van der Waals surface area contributed by atoms with Gasteiger partial charge in [-0.3, -0.25) is 4.79 Å². The monoisotopic (exact) mass is 288 g/mol. The maximum absolute atomic E-state index is 12.5. The van der Waals surface area contributed by atoms with E-state index in [0.717, 1.165) is 38.0 Å². The number of anilines is 1. The number of para-hydroxylation sites is 1. The number of rotatable bonds is 6. The molecule has 0 aliphatic carbocycles. The first-order valence-electron chi connectivity index (χ1n) is 8.26. The lowest BCUT2D eigenvalue weighted by Crippen LogP contribution is -2.39. The summed E-state index contributed by atoms with van der Waals surface area (Å²) in [7, 11) is 0. The number of hydrogen-bond donors (Lipinski definition) is 1. The van der Waals surface area contributed by atoms with Crippen LogP contribution in [0.5, 0.6) is 0 Å². The van der Waals surface area contributed by atoms with Crippen molar-refractivity contribution >= 4 is 11.6 Å². The zero-order valence-corrected chi connectivity index (χ0v) is 13.6. The fraction of sp³-hybridized carbons (Fsp3) is 0.611. The molecule has 3 heteroatoms. The lowest BCUT2D eigenvalue weighted by Gasteiger charge is -2.35. The topological polar surface area (TPSA) is 32.3 Å². The second-order valence-electron chi connectivity index (χ2n) is 6.33. The fourth-order valence-corrected chi connectivity index (χ4v) is 2.90. The van der Waals surface area contributed by atoms with Gasteiger partial charge in [-0.05, 0) is 43.4 Å². The first-order valence-corrected chi connectivity index (χ1v) is 8.26. The van der Waals surface area contributed by atoms with Crippen molar-refractivity contribution in [3.8, 4) is 0 Å². The first-order chi connectivity index (χ1) is 10.1. The molecule has 1 aromatic carbocycles. The summed E-state index contributed by atoms with van der Waals surface area (Å²) in [4.78, 5) is 14.5. The van der Waals surface area contributed by atoms with Gasteiger partial charge in [0, 0.05) is 24.7 Å². The number of carbonyl (C=O) groups is 1. The molecule has 0 saturated heterocycles. The highest BCUT2D eigenvalue weighted by Gasteiger charge is 2.27. The Morgan fingerprint density at radius 1 is 1.38 bits per heavy atom. The molecule has 1 aliphatic rings. The Morgan fingerprint density at radius 3 is 2.86 bits per heavy atom. The van der Waals surface area contributed by atoms with Crippen molar-refractivity contribution in [1.82, 2.24) is 5.32 Å². The minimum atomic E-state index is 0.269. The van der Waals surface area contributed by atoms with Crippen LogP contribution in [0.25, 0.3) is 0 Å². The average Bonchev–Trinajstić information content (AvgIpc) is 2.50. The van der Waals surface area contributed by atoms with Gasteiger partial charge in [0.15, 0.2) is 0 Å². The SMILES string of the molecule is CCCNC1CCN(C(=O)CCC(C)C)c2ccccc21.